The molecule has 2 aromatic rings. The van der Waals surface area contributed by atoms with Crippen molar-refractivity contribution in [2.45, 2.75) is 59.2 Å². The number of sulfonamides is 1. The van der Waals surface area contributed by atoms with Gasteiger partial charge in [-0.25, -0.2) is 8.42 Å². The average Bonchev–Trinajstić information content (AvgIpc) is 2.79. The van der Waals surface area contributed by atoms with Crippen molar-refractivity contribution in [3.63, 3.8) is 0 Å². The fourth-order valence-electron chi connectivity index (χ4n) is 3.39. The number of carbonyl (C=O) groups excluding carboxylic acids is 2. The lowest BCUT2D eigenvalue weighted by Gasteiger charge is -2.32. The smallest absolute Gasteiger partial charge is 0.244 e. The van der Waals surface area contributed by atoms with Crippen molar-refractivity contribution >= 4 is 39.1 Å². The van der Waals surface area contributed by atoms with Crippen molar-refractivity contribution in [2.75, 3.05) is 17.1 Å². The molecule has 0 radical (unpaired) electrons. The molecule has 0 saturated heterocycles. The van der Waals surface area contributed by atoms with Crippen LogP contribution in [-0.4, -0.2) is 50.0 Å². The van der Waals surface area contributed by atoms with Gasteiger partial charge in [-0.3, -0.25) is 13.9 Å². The maximum Gasteiger partial charge on any atom is 0.244 e. The van der Waals surface area contributed by atoms with Crippen LogP contribution in [0.2, 0.25) is 5.02 Å². The van der Waals surface area contributed by atoms with Crippen molar-refractivity contribution in [3.8, 4) is 0 Å². The van der Waals surface area contributed by atoms with E-state index in [1.165, 1.54) is 4.90 Å². The molecule has 0 aliphatic heterocycles. The van der Waals surface area contributed by atoms with Gasteiger partial charge in [0.25, 0.3) is 0 Å². The summed E-state index contributed by atoms with van der Waals surface area (Å²) in [5, 5.41) is 3.41. The standard InChI is InChI=1S/C25H34ClN3O4S/c1-6-18(3)27-25(31)19(4)28(16-21-9-8-10-22(26)15-21)24(30)17-29(34(5,32)33)23-13-11-20(7-2)12-14-23/h8-15,18-19H,6-7,16-17H2,1-5H3,(H,27,31)/t18-,19-/m0/s1. The first-order valence-electron chi connectivity index (χ1n) is 11.4. The fraction of sp³-hybridized carbons (Fsp3) is 0.440. The summed E-state index contributed by atoms with van der Waals surface area (Å²) in [5.41, 5.74) is 2.19. The van der Waals surface area contributed by atoms with E-state index in [1.807, 2.05) is 39.0 Å². The fourth-order valence-corrected chi connectivity index (χ4v) is 4.45. The molecule has 2 rings (SSSR count). The van der Waals surface area contributed by atoms with Crippen LogP contribution >= 0.6 is 11.6 Å². The van der Waals surface area contributed by atoms with Crippen LogP contribution < -0.4 is 9.62 Å². The maximum absolute atomic E-state index is 13.5. The van der Waals surface area contributed by atoms with Crippen LogP contribution in [0.5, 0.6) is 0 Å². The average molecular weight is 508 g/mol. The Bertz CT molecular complexity index is 1090. The Hall–Kier alpha value is -2.58. The van der Waals surface area contributed by atoms with E-state index in [9.17, 15) is 18.0 Å². The molecule has 0 spiro atoms. The van der Waals surface area contributed by atoms with E-state index >= 15 is 0 Å². The minimum atomic E-state index is -3.75. The summed E-state index contributed by atoms with van der Waals surface area (Å²) in [6, 6.07) is 13.2. The maximum atomic E-state index is 13.5. The zero-order valence-corrected chi connectivity index (χ0v) is 22.0. The quantitative estimate of drug-likeness (QED) is 0.498. The van der Waals surface area contributed by atoms with E-state index in [1.54, 1.807) is 37.3 Å². The van der Waals surface area contributed by atoms with E-state index in [-0.39, 0.29) is 18.5 Å². The summed E-state index contributed by atoms with van der Waals surface area (Å²) in [4.78, 5) is 27.8. The number of hydrogen-bond acceptors (Lipinski definition) is 4. The summed E-state index contributed by atoms with van der Waals surface area (Å²) in [7, 11) is -3.75. The summed E-state index contributed by atoms with van der Waals surface area (Å²) >= 11 is 6.12. The Labute approximate surface area is 208 Å². The molecule has 2 amide bonds. The Morgan fingerprint density at radius 3 is 2.21 bits per heavy atom. The molecule has 0 aliphatic rings. The monoisotopic (exact) mass is 507 g/mol. The SMILES string of the molecule is CCc1ccc(N(CC(=O)N(Cc2cccc(Cl)c2)[C@@H](C)C(=O)N[C@@H](C)CC)S(C)(=O)=O)cc1. The highest BCUT2D eigenvalue weighted by atomic mass is 35.5. The largest absolute Gasteiger partial charge is 0.352 e. The van der Waals surface area contributed by atoms with Gasteiger partial charge in [-0.1, -0.05) is 49.7 Å². The van der Waals surface area contributed by atoms with Gasteiger partial charge in [-0.2, -0.15) is 0 Å². The van der Waals surface area contributed by atoms with E-state index < -0.39 is 28.5 Å². The minimum absolute atomic E-state index is 0.0531. The van der Waals surface area contributed by atoms with Crippen molar-refractivity contribution in [1.82, 2.24) is 10.2 Å². The predicted molar refractivity (Wildman–Crippen MR) is 137 cm³/mol. The topological polar surface area (TPSA) is 86.8 Å². The van der Waals surface area contributed by atoms with Gasteiger partial charge < -0.3 is 10.2 Å². The molecule has 0 aromatic heterocycles. The zero-order valence-electron chi connectivity index (χ0n) is 20.4. The number of rotatable bonds is 11. The van der Waals surface area contributed by atoms with Crippen molar-refractivity contribution in [2.24, 2.45) is 0 Å². The molecule has 0 bridgehead atoms. The molecule has 34 heavy (non-hydrogen) atoms. The van der Waals surface area contributed by atoms with E-state index in [0.717, 1.165) is 34.5 Å². The van der Waals surface area contributed by atoms with Crippen LogP contribution in [0.3, 0.4) is 0 Å². The van der Waals surface area contributed by atoms with Gasteiger partial charge in [0.2, 0.25) is 21.8 Å². The third kappa shape index (κ3) is 7.74. The molecular formula is C25H34ClN3O4S. The Morgan fingerprint density at radius 2 is 1.68 bits per heavy atom. The van der Waals surface area contributed by atoms with Gasteiger partial charge in [0.15, 0.2) is 0 Å². The van der Waals surface area contributed by atoms with Gasteiger partial charge in [-0.05, 0) is 62.1 Å². The number of halogens is 1. The number of hydrogen-bond donors (Lipinski definition) is 1. The normalized spacial score (nSPS) is 13.1. The summed E-state index contributed by atoms with van der Waals surface area (Å²) in [6.45, 7) is 7.18. The highest BCUT2D eigenvalue weighted by Crippen LogP contribution is 2.21. The van der Waals surface area contributed by atoms with Crippen molar-refractivity contribution < 1.29 is 18.0 Å². The molecule has 1 N–H and O–H groups in total. The molecule has 7 nitrogen and oxygen atoms in total. The van der Waals surface area contributed by atoms with Crippen LogP contribution in [0.25, 0.3) is 0 Å². The highest BCUT2D eigenvalue weighted by Gasteiger charge is 2.30. The van der Waals surface area contributed by atoms with Crippen LogP contribution in [-0.2, 0) is 32.6 Å². The van der Waals surface area contributed by atoms with Gasteiger partial charge in [0.1, 0.15) is 12.6 Å². The molecular weight excluding hydrogens is 474 g/mol. The molecule has 186 valence electrons. The molecule has 2 aromatic carbocycles. The molecule has 0 fully saturated rings. The number of carbonyl (C=O) groups is 2. The first-order chi connectivity index (χ1) is 16.0. The second-order valence-corrected chi connectivity index (χ2v) is 10.8. The molecule has 0 unspecified atom stereocenters. The molecule has 0 saturated carbocycles. The van der Waals surface area contributed by atoms with Crippen LogP contribution in [0, 0.1) is 0 Å². The van der Waals surface area contributed by atoms with Crippen LogP contribution in [0.4, 0.5) is 5.69 Å². The first-order valence-corrected chi connectivity index (χ1v) is 13.6. The second kappa shape index (κ2) is 12.2. The Kier molecular flexibility index (Phi) is 9.94. The van der Waals surface area contributed by atoms with Crippen molar-refractivity contribution in [1.29, 1.82) is 0 Å². The van der Waals surface area contributed by atoms with Crippen LogP contribution in [0.1, 0.15) is 45.2 Å². The number of benzene rings is 2. The Balaban J connectivity index is 2.37. The summed E-state index contributed by atoms with van der Waals surface area (Å²) in [5.74, 6) is -0.792. The molecule has 9 heteroatoms. The summed E-state index contributed by atoms with van der Waals surface area (Å²) in [6.07, 6.45) is 2.62. The van der Waals surface area contributed by atoms with E-state index in [2.05, 4.69) is 5.32 Å². The van der Waals surface area contributed by atoms with E-state index in [0.29, 0.717) is 10.7 Å². The third-order valence-electron chi connectivity index (χ3n) is 5.72. The lowest BCUT2D eigenvalue weighted by Crippen LogP contribution is -2.52. The first kappa shape index (κ1) is 27.7. The summed E-state index contributed by atoms with van der Waals surface area (Å²) < 4.78 is 26.3. The van der Waals surface area contributed by atoms with Gasteiger partial charge in [0.05, 0.1) is 11.9 Å². The van der Waals surface area contributed by atoms with Gasteiger partial charge in [0, 0.05) is 17.6 Å². The number of amides is 2. The number of aryl methyl sites for hydroxylation is 1. The highest BCUT2D eigenvalue weighted by molar-refractivity contribution is 7.92. The second-order valence-electron chi connectivity index (χ2n) is 8.44. The number of nitrogens with zero attached hydrogens (tertiary/aromatic N) is 2. The lowest BCUT2D eigenvalue weighted by atomic mass is 10.1. The number of nitrogens with one attached hydrogen (secondary N) is 1. The van der Waals surface area contributed by atoms with E-state index in [4.69, 9.17) is 11.6 Å². The molecule has 0 aliphatic carbocycles. The third-order valence-corrected chi connectivity index (χ3v) is 7.10. The zero-order chi connectivity index (χ0) is 25.5. The Morgan fingerprint density at radius 1 is 1.03 bits per heavy atom. The van der Waals surface area contributed by atoms with Gasteiger partial charge >= 0.3 is 0 Å². The van der Waals surface area contributed by atoms with Gasteiger partial charge in [-0.15, -0.1) is 0 Å². The molecule has 2 atom stereocenters. The number of anilines is 1. The van der Waals surface area contributed by atoms with Crippen molar-refractivity contribution in [3.05, 3.63) is 64.7 Å². The minimum Gasteiger partial charge on any atom is -0.352 e. The lowest BCUT2D eigenvalue weighted by molar-refractivity contribution is -0.139. The predicted octanol–water partition coefficient (Wildman–Crippen LogP) is 4.00. The molecule has 0 heterocycles. The van der Waals surface area contributed by atoms with Crippen LogP contribution in [0.15, 0.2) is 48.5 Å².